The third kappa shape index (κ3) is 2.48. The molecule has 3 N–H and O–H groups in total. The molecule has 0 unspecified atom stereocenters. The minimum atomic E-state index is 0.403. The van der Waals surface area contributed by atoms with Crippen molar-refractivity contribution in [1.29, 1.82) is 5.26 Å². The topological polar surface area (TPSA) is 92.0 Å². The molecule has 84 valence electrons. The van der Waals surface area contributed by atoms with Crippen molar-refractivity contribution in [2.75, 3.05) is 0 Å². The zero-order valence-electron chi connectivity index (χ0n) is 8.91. The second-order valence-corrected chi connectivity index (χ2v) is 3.19. The van der Waals surface area contributed by atoms with Crippen LogP contribution < -0.4 is 11.3 Å². The number of nitrogens with zero attached hydrogens (tertiary/aromatic N) is 4. The summed E-state index contributed by atoms with van der Waals surface area (Å²) in [5.41, 5.74) is 3.74. The minimum Gasteiger partial charge on any atom is -0.292 e. The van der Waals surface area contributed by atoms with Crippen LogP contribution in [-0.2, 0) is 0 Å². The fourth-order valence-corrected chi connectivity index (χ4v) is 1.28. The number of hydrogen-bond donors (Lipinski definition) is 2. The third-order valence-corrected chi connectivity index (χ3v) is 2.08. The number of benzene rings is 1. The molecule has 1 aromatic heterocycles. The number of rotatable bonds is 1. The number of hydrazine groups is 1. The quantitative estimate of drug-likeness (QED) is 0.325. The second kappa shape index (κ2) is 4.92. The Hall–Kier alpha value is -2.65. The molecule has 1 aromatic carbocycles. The van der Waals surface area contributed by atoms with Crippen molar-refractivity contribution in [2.45, 2.75) is 0 Å². The lowest BCUT2D eigenvalue weighted by molar-refractivity contribution is 0.849. The molecule has 2 rings (SSSR count). The molecular weight excluding hydrogens is 216 g/mol. The Morgan fingerprint density at radius 3 is 2.71 bits per heavy atom. The molecule has 6 nitrogen and oxygen atoms in total. The molecule has 0 bridgehead atoms. The van der Waals surface area contributed by atoms with Crippen molar-refractivity contribution in [3.05, 3.63) is 48.3 Å². The molecule has 0 aliphatic heterocycles. The van der Waals surface area contributed by atoms with Crippen molar-refractivity contribution >= 4 is 11.6 Å². The van der Waals surface area contributed by atoms with Crippen LogP contribution in [0.3, 0.4) is 0 Å². The Morgan fingerprint density at radius 1 is 1.41 bits per heavy atom. The Kier molecular flexibility index (Phi) is 3.14. The van der Waals surface area contributed by atoms with Crippen LogP contribution in [0.25, 0.3) is 0 Å². The largest absolute Gasteiger partial charge is 0.292 e. The van der Waals surface area contributed by atoms with Crippen LogP contribution in [0.4, 0.5) is 5.69 Å². The Morgan fingerprint density at radius 2 is 2.18 bits per heavy atom. The van der Waals surface area contributed by atoms with Gasteiger partial charge in [-0.2, -0.15) is 10.4 Å². The molecule has 0 aliphatic carbocycles. The van der Waals surface area contributed by atoms with Gasteiger partial charge in [0.15, 0.2) is 0 Å². The van der Waals surface area contributed by atoms with E-state index in [-0.39, 0.29) is 0 Å². The van der Waals surface area contributed by atoms with Gasteiger partial charge in [-0.25, -0.2) is 15.5 Å². The molecule has 0 saturated carbocycles. The van der Waals surface area contributed by atoms with E-state index in [0.29, 0.717) is 17.2 Å². The van der Waals surface area contributed by atoms with Crippen LogP contribution in [-0.4, -0.2) is 15.7 Å². The van der Waals surface area contributed by atoms with Crippen molar-refractivity contribution in [2.24, 2.45) is 10.8 Å². The summed E-state index contributed by atoms with van der Waals surface area (Å²) < 4.78 is 1.51. The van der Waals surface area contributed by atoms with Crippen LogP contribution in [0.1, 0.15) is 5.56 Å². The van der Waals surface area contributed by atoms with E-state index < -0.39 is 0 Å². The summed E-state index contributed by atoms with van der Waals surface area (Å²) >= 11 is 0. The highest BCUT2D eigenvalue weighted by Crippen LogP contribution is 2.12. The van der Waals surface area contributed by atoms with Crippen molar-refractivity contribution in [1.82, 2.24) is 15.2 Å². The summed E-state index contributed by atoms with van der Waals surface area (Å²) in [4.78, 5) is 4.27. The van der Waals surface area contributed by atoms with E-state index in [1.54, 1.807) is 42.7 Å². The lowest BCUT2D eigenvalue weighted by Crippen LogP contribution is -2.36. The van der Waals surface area contributed by atoms with Crippen LogP contribution in [0, 0.1) is 11.3 Å². The lowest BCUT2D eigenvalue weighted by Gasteiger charge is -2.04. The van der Waals surface area contributed by atoms with Crippen molar-refractivity contribution in [3.63, 3.8) is 0 Å². The highest BCUT2D eigenvalue weighted by Gasteiger charge is 2.00. The monoisotopic (exact) mass is 226 g/mol. The molecule has 0 saturated heterocycles. The minimum absolute atomic E-state index is 0.403. The van der Waals surface area contributed by atoms with E-state index in [9.17, 15) is 0 Å². The van der Waals surface area contributed by atoms with Gasteiger partial charge in [0.05, 0.1) is 17.3 Å². The van der Waals surface area contributed by atoms with Gasteiger partial charge < -0.3 is 0 Å². The third-order valence-electron chi connectivity index (χ3n) is 2.08. The molecule has 0 spiro atoms. The fraction of sp³-hybridized carbons (Fsp3) is 0. The first-order valence-corrected chi connectivity index (χ1v) is 4.89. The van der Waals surface area contributed by atoms with Gasteiger partial charge in [0.1, 0.15) is 0 Å². The fourth-order valence-electron chi connectivity index (χ4n) is 1.28. The van der Waals surface area contributed by atoms with Crippen LogP contribution >= 0.6 is 0 Å². The predicted octanol–water partition coefficient (Wildman–Crippen LogP) is 0.754. The lowest BCUT2D eigenvalue weighted by atomic mass is 10.2. The van der Waals surface area contributed by atoms with Gasteiger partial charge in [-0.3, -0.25) is 5.43 Å². The molecule has 1 heterocycles. The summed E-state index contributed by atoms with van der Waals surface area (Å²) in [6.45, 7) is 0. The van der Waals surface area contributed by atoms with Crippen molar-refractivity contribution < 1.29 is 0 Å². The summed E-state index contributed by atoms with van der Waals surface area (Å²) in [6.07, 6.45) is 3.36. The van der Waals surface area contributed by atoms with Gasteiger partial charge in [0.25, 0.3) is 0 Å². The zero-order chi connectivity index (χ0) is 12.1. The first-order valence-electron chi connectivity index (χ1n) is 4.89. The van der Waals surface area contributed by atoms with Gasteiger partial charge in [-0.15, -0.1) is 0 Å². The van der Waals surface area contributed by atoms with Gasteiger partial charge in [-0.05, 0) is 30.3 Å². The van der Waals surface area contributed by atoms with Crippen molar-refractivity contribution in [3.8, 4) is 6.07 Å². The number of nitrogens with two attached hydrogens (primary N) is 1. The van der Waals surface area contributed by atoms with Gasteiger partial charge in [0, 0.05) is 12.4 Å². The molecule has 6 heteroatoms. The smallest absolute Gasteiger partial charge is 0.238 e. The Labute approximate surface area is 98.0 Å². The molecule has 0 radical (unpaired) electrons. The SMILES string of the molecule is N#Cc1ccc(N=C(NN)n2cccn2)cc1. The number of nitrogens with one attached hydrogen (secondary N) is 1. The molecule has 0 atom stereocenters. The molecule has 2 aromatic rings. The number of nitriles is 1. The van der Waals surface area contributed by atoms with Gasteiger partial charge >= 0.3 is 0 Å². The molecule has 0 amide bonds. The second-order valence-electron chi connectivity index (χ2n) is 3.19. The molecule has 17 heavy (non-hydrogen) atoms. The molecular formula is C11H10N6. The number of aromatic nitrogens is 2. The summed E-state index contributed by atoms with van der Waals surface area (Å²) in [5, 5.41) is 12.7. The Balaban J connectivity index is 2.30. The van der Waals surface area contributed by atoms with E-state index >= 15 is 0 Å². The summed E-state index contributed by atoms with van der Waals surface area (Å²) in [5.74, 6) is 5.78. The van der Waals surface area contributed by atoms with E-state index in [1.807, 2.05) is 6.07 Å². The zero-order valence-corrected chi connectivity index (χ0v) is 8.91. The first-order chi connectivity index (χ1) is 8.33. The predicted molar refractivity (Wildman–Crippen MR) is 63.2 cm³/mol. The maximum atomic E-state index is 8.67. The first kappa shape index (κ1) is 10.9. The summed E-state index contributed by atoms with van der Waals surface area (Å²) in [6, 6.07) is 10.7. The van der Waals surface area contributed by atoms with Gasteiger partial charge in [0.2, 0.25) is 5.96 Å². The van der Waals surface area contributed by atoms with E-state index in [1.165, 1.54) is 4.68 Å². The van der Waals surface area contributed by atoms with Crippen LogP contribution in [0.2, 0.25) is 0 Å². The average Bonchev–Trinajstić information content (AvgIpc) is 2.90. The Bertz CT molecular complexity index is 547. The van der Waals surface area contributed by atoms with E-state index in [2.05, 4.69) is 15.5 Å². The van der Waals surface area contributed by atoms with Crippen LogP contribution in [0.5, 0.6) is 0 Å². The average molecular weight is 226 g/mol. The highest BCUT2D eigenvalue weighted by atomic mass is 15.4. The number of aliphatic imine (C=N–C) groups is 1. The molecule has 0 fully saturated rings. The highest BCUT2D eigenvalue weighted by molar-refractivity contribution is 5.83. The van der Waals surface area contributed by atoms with Crippen LogP contribution in [0.15, 0.2) is 47.7 Å². The molecule has 0 aliphatic rings. The normalized spacial score (nSPS) is 10.9. The maximum Gasteiger partial charge on any atom is 0.238 e. The van der Waals surface area contributed by atoms with E-state index in [0.717, 1.165) is 0 Å². The van der Waals surface area contributed by atoms with Gasteiger partial charge in [-0.1, -0.05) is 0 Å². The van der Waals surface area contributed by atoms with E-state index in [4.69, 9.17) is 11.1 Å². The maximum absolute atomic E-state index is 8.67. The summed E-state index contributed by atoms with van der Waals surface area (Å²) in [7, 11) is 0. The number of hydrogen-bond acceptors (Lipinski definition) is 4. The standard InChI is InChI=1S/C11H10N6/c12-8-9-2-4-10(5-3-9)15-11(16-13)17-7-1-6-14-17/h1-7H,13H2,(H,15,16).